The topological polar surface area (TPSA) is 48.1 Å². The molecule has 0 saturated carbocycles. The van der Waals surface area contributed by atoms with E-state index >= 15 is 0 Å². The highest BCUT2D eigenvalue weighted by Crippen LogP contribution is 2.31. The Labute approximate surface area is 107 Å². The predicted molar refractivity (Wildman–Crippen MR) is 67.1 cm³/mol. The number of anilines is 1. The fourth-order valence-corrected chi connectivity index (χ4v) is 1.77. The van der Waals surface area contributed by atoms with Crippen molar-refractivity contribution in [2.75, 3.05) is 5.73 Å². The van der Waals surface area contributed by atoms with Gasteiger partial charge in [0.1, 0.15) is 12.4 Å². The van der Waals surface area contributed by atoms with Gasteiger partial charge in [-0.05, 0) is 40.2 Å². The second-order valence-corrected chi connectivity index (χ2v) is 4.18. The number of benzene rings is 1. The van der Waals surface area contributed by atoms with E-state index in [-0.39, 0.29) is 16.8 Å². The molecule has 2 aromatic rings. The lowest BCUT2D eigenvalue weighted by atomic mass is 10.3. The summed E-state index contributed by atoms with van der Waals surface area (Å²) in [6, 6.07) is 8.60. The zero-order valence-electron chi connectivity index (χ0n) is 8.86. The summed E-state index contributed by atoms with van der Waals surface area (Å²) in [6.45, 7) is 0.281. The van der Waals surface area contributed by atoms with Gasteiger partial charge in [0.25, 0.3) is 0 Å². The van der Waals surface area contributed by atoms with Gasteiger partial charge in [-0.2, -0.15) is 0 Å². The van der Waals surface area contributed by atoms with Crippen LogP contribution in [0.5, 0.6) is 5.75 Å². The predicted octanol–water partition coefficient (Wildman–Crippen LogP) is 3.14. The first-order valence-electron chi connectivity index (χ1n) is 4.94. The number of halogens is 2. The Bertz CT molecular complexity index is 519. The molecule has 0 spiro atoms. The SMILES string of the molecule is Nc1ccc(OCc2ccccn2)c(Br)c1F. The maximum Gasteiger partial charge on any atom is 0.163 e. The van der Waals surface area contributed by atoms with Crippen molar-refractivity contribution in [2.24, 2.45) is 0 Å². The third-order valence-electron chi connectivity index (χ3n) is 2.18. The second-order valence-electron chi connectivity index (χ2n) is 3.39. The van der Waals surface area contributed by atoms with Crippen LogP contribution in [0.2, 0.25) is 0 Å². The third kappa shape index (κ3) is 2.74. The van der Waals surface area contributed by atoms with E-state index in [1.807, 2.05) is 18.2 Å². The summed E-state index contributed by atoms with van der Waals surface area (Å²) < 4.78 is 19.1. The first-order valence-corrected chi connectivity index (χ1v) is 5.74. The highest BCUT2D eigenvalue weighted by molar-refractivity contribution is 9.10. The van der Waals surface area contributed by atoms with Crippen LogP contribution in [0, 0.1) is 5.82 Å². The summed E-state index contributed by atoms with van der Waals surface area (Å²) in [6.07, 6.45) is 1.68. The number of aromatic nitrogens is 1. The second kappa shape index (κ2) is 5.14. The van der Waals surface area contributed by atoms with Gasteiger partial charge in [-0.1, -0.05) is 6.07 Å². The van der Waals surface area contributed by atoms with Gasteiger partial charge in [-0.3, -0.25) is 4.98 Å². The van der Waals surface area contributed by atoms with Crippen molar-refractivity contribution in [2.45, 2.75) is 6.61 Å². The molecule has 0 bridgehead atoms. The van der Waals surface area contributed by atoms with E-state index in [2.05, 4.69) is 20.9 Å². The van der Waals surface area contributed by atoms with Gasteiger partial charge in [0, 0.05) is 6.20 Å². The monoisotopic (exact) mass is 296 g/mol. The van der Waals surface area contributed by atoms with Crippen LogP contribution in [0.3, 0.4) is 0 Å². The van der Waals surface area contributed by atoms with Gasteiger partial charge in [-0.25, -0.2) is 4.39 Å². The van der Waals surface area contributed by atoms with E-state index in [1.165, 1.54) is 6.07 Å². The van der Waals surface area contributed by atoms with Crippen LogP contribution in [-0.2, 0) is 6.61 Å². The Balaban J connectivity index is 2.13. The quantitative estimate of drug-likeness (QED) is 0.885. The van der Waals surface area contributed by atoms with Crippen molar-refractivity contribution >= 4 is 21.6 Å². The summed E-state index contributed by atoms with van der Waals surface area (Å²) in [5, 5.41) is 0. The maximum absolute atomic E-state index is 13.4. The molecule has 17 heavy (non-hydrogen) atoms. The molecule has 0 aliphatic carbocycles. The first kappa shape index (κ1) is 11.9. The Hall–Kier alpha value is -1.62. The minimum absolute atomic E-state index is 0.0852. The molecule has 0 fully saturated rings. The molecule has 0 radical (unpaired) electrons. The summed E-state index contributed by atoms with van der Waals surface area (Å²) in [7, 11) is 0. The molecule has 2 N–H and O–H groups in total. The van der Waals surface area contributed by atoms with E-state index in [9.17, 15) is 4.39 Å². The van der Waals surface area contributed by atoms with Gasteiger partial charge in [0.05, 0.1) is 15.9 Å². The smallest absolute Gasteiger partial charge is 0.163 e. The lowest BCUT2D eigenvalue weighted by Gasteiger charge is -2.09. The standard InChI is InChI=1S/C12H10BrFN2O/c13-11-10(5-4-9(15)12(11)14)17-7-8-3-1-2-6-16-8/h1-6H,7,15H2. The number of hydrogen-bond donors (Lipinski definition) is 1. The largest absolute Gasteiger partial charge is 0.486 e. The first-order chi connectivity index (χ1) is 8.18. The van der Waals surface area contributed by atoms with Crippen molar-refractivity contribution in [3.05, 3.63) is 52.5 Å². The van der Waals surface area contributed by atoms with E-state index < -0.39 is 5.82 Å². The maximum atomic E-state index is 13.4. The van der Waals surface area contributed by atoms with Crippen LogP contribution in [0.1, 0.15) is 5.69 Å². The van der Waals surface area contributed by atoms with Crippen LogP contribution < -0.4 is 10.5 Å². The Morgan fingerprint density at radius 2 is 2.12 bits per heavy atom. The molecule has 1 aromatic heterocycles. The lowest BCUT2D eigenvalue weighted by molar-refractivity contribution is 0.297. The van der Waals surface area contributed by atoms with Crippen molar-refractivity contribution in [1.82, 2.24) is 4.98 Å². The van der Waals surface area contributed by atoms with Crippen LogP contribution in [0.25, 0.3) is 0 Å². The van der Waals surface area contributed by atoms with Crippen molar-refractivity contribution in [3.8, 4) is 5.75 Å². The number of hydrogen-bond acceptors (Lipinski definition) is 3. The molecule has 5 heteroatoms. The van der Waals surface area contributed by atoms with Crippen LogP contribution in [-0.4, -0.2) is 4.98 Å². The molecule has 0 unspecified atom stereocenters. The molecule has 0 aliphatic rings. The van der Waals surface area contributed by atoms with Gasteiger partial charge < -0.3 is 10.5 Å². The Morgan fingerprint density at radius 3 is 2.82 bits per heavy atom. The number of nitrogens with zero attached hydrogens (tertiary/aromatic N) is 1. The number of nitrogens with two attached hydrogens (primary N) is 1. The third-order valence-corrected chi connectivity index (χ3v) is 2.92. The molecular weight excluding hydrogens is 287 g/mol. The minimum Gasteiger partial charge on any atom is -0.486 e. The van der Waals surface area contributed by atoms with E-state index in [4.69, 9.17) is 10.5 Å². The molecule has 0 aliphatic heterocycles. The normalized spacial score (nSPS) is 10.2. The Morgan fingerprint density at radius 1 is 1.29 bits per heavy atom. The zero-order valence-corrected chi connectivity index (χ0v) is 10.4. The molecule has 0 amide bonds. The average molecular weight is 297 g/mol. The van der Waals surface area contributed by atoms with Crippen LogP contribution in [0.15, 0.2) is 41.0 Å². The van der Waals surface area contributed by atoms with Gasteiger partial charge in [0.15, 0.2) is 5.82 Å². The van der Waals surface area contributed by atoms with Gasteiger partial charge >= 0.3 is 0 Å². The zero-order chi connectivity index (χ0) is 12.3. The fraction of sp³-hybridized carbons (Fsp3) is 0.0833. The molecule has 88 valence electrons. The average Bonchev–Trinajstić information content (AvgIpc) is 2.36. The summed E-state index contributed by atoms with van der Waals surface area (Å²) in [4.78, 5) is 4.10. The summed E-state index contributed by atoms with van der Waals surface area (Å²) in [5.41, 5.74) is 6.28. The summed E-state index contributed by atoms with van der Waals surface area (Å²) in [5.74, 6) is -0.106. The lowest BCUT2D eigenvalue weighted by Crippen LogP contribution is -2.00. The fourth-order valence-electron chi connectivity index (χ4n) is 1.29. The highest BCUT2D eigenvalue weighted by Gasteiger charge is 2.10. The summed E-state index contributed by atoms with van der Waals surface area (Å²) >= 11 is 3.10. The molecular formula is C12H10BrFN2O. The molecule has 3 nitrogen and oxygen atoms in total. The van der Waals surface area contributed by atoms with Crippen LogP contribution >= 0.6 is 15.9 Å². The van der Waals surface area contributed by atoms with Crippen molar-refractivity contribution < 1.29 is 9.13 Å². The molecule has 0 saturated heterocycles. The van der Waals surface area contributed by atoms with E-state index in [0.29, 0.717) is 5.75 Å². The number of rotatable bonds is 3. The molecule has 0 atom stereocenters. The molecule has 1 aromatic carbocycles. The molecule has 2 rings (SSSR count). The Kier molecular flexibility index (Phi) is 3.58. The van der Waals surface area contributed by atoms with Gasteiger partial charge in [0.2, 0.25) is 0 Å². The van der Waals surface area contributed by atoms with Gasteiger partial charge in [-0.15, -0.1) is 0 Å². The van der Waals surface area contributed by atoms with Crippen molar-refractivity contribution in [1.29, 1.82) is 0 Å². The van der Waals surface area contributed by atoms with Crippen molar-refractivity contribution in [3.63, 3.8) is 0 Å². The minimum atomic E-state index is -0.511. The van der Waals surface area contributed by atoms with E-state index in [1.54, 1.807) is 12.3 Å². The number of ether oxygens (including phenoxy) is 1. The molecule has 1 heterocycles. The highest BCUT2D eigenvalue weighted by atomic mass is 79.9. The van der Waals surface area contributed by atoms with Crippen LogP contribution in [0.4, 0.5) is 10.1 Å². The number of pyridine rings is 1. The van der Waals surface area contributed by atoms with E-state index in [0.717, 1.165) is 5.69 Å². The number of nitrogen functional groups attached to an aromatic ring is 1.